The number of rotatable bonds is 5. The molecule has 1 saturated heterocycles. The van der Waals surface area contributed by atoms with E-state index < -0.39 is 10.0 Å². The monoisotopic (exact) mass is 417 g/mol. The molecule has 3 rings (SSSR count). The number of hydrogen-bond donors (Lipinski definition) is 3. The van der Waals surface area contributed by atoms with Crippen molar-refractivity contribution in [1.82, 2.24) is 9.62 Å². The van der Waals surface area contributed by atoms with Crippen LogP contribution >= 0.6 is 0 Å². The quantitative estimate of drug-likeness (QED) is 0.688. The van der Waals surface area contributed by atoms with Gasteiger partial charge < -0.3 is 15.3 Å². The van der Waals surface area contributed by atoms with Crippen molar-refractivity contribution in [3.63, 3.8) is 0 Å². The van der Waals surface area contributed by atoms with Crippen LogP contribution in [0.4, 0.5) is 5.69 Å². The molecule has 1 aliphatic heterocycles. The first-order valence-corrected chi connectivity index (χ1v) is 10.7. The largest absolute Gasteiger partial charge is 0.508 e. The lowest BCUT2D eigenvalue weighted by atomic mass is 10.0. The highest BCUT2D eigenvalue weighted by molar-refractivity contribution is 7.89. The number of phenolic OH excluding ortho intramolecular Hbond substituents is 1. The van der Waals surface area contributed by atoms with Gasteiger partial charge in [-0.1, -0.05) is 6.07 Å². The van der Waals surface area contributed by atoms with Crippen molar-refractivity contribution in [3.05, 3.63) is 54.1 Å². The molecule has 0 radical (unpaired) electrons. The van der Waals surface area contributed by atoms with Crippen LogP contribution in [0.3, 0.4) is 0 Å². The van der Waals surface area contributed by atoms with Crippen molar-refractivity contribution < 1.29 is 23.1 Å². The topological polar surface area (TPSA) is 116 Å². The molecule has 1 heterocycles. The number of amides is 2. The van der Waals surface area contributed by atoms with E-state index in [2.05, 4.69) is 10.0 Å². The van der Waals surface area contributed by atoms with Crippen molar-refractivity contribution in [1.29, 1.82) is 0 Å². The summed E-state index contributed by atoms with van der Waals surface area (Å²) in [5.74, 6) is -0.385. The molecule has 8 nitrogen and oxygen atoms in total. The third kappa shape index (κ3) is 5.33. The summed E-state index contributed by atoms with van der Waals surface area (Å²) in [6.07, 6.45) is 0.988. The highest BCUT2D eigenvalue weighted by atomic mass is 32.2. The van der Waals surface area contributed by atoms with Gasteiger partial charge in [0.05, 0.1) is 4.90 Å². The smallest absolute Gasteiger partial charge is 0.253 e. The Balaban J connectivity index is 1.58. The summed E-state index contributed by atoms with van der Waals surface area (Å²) in [7, 11) is -3.70. The first kappa shape index (κ1) is 20.8. The fourth-order valence-electron chi connectivity index (χ4n) is 3.23. The molecule has 1 fully saturated rings. The predicted molar refractivity (Wildman–Crippen MR) is 108 cm³/mol. The van der Waals surface area contributed by atoms with Gasteiger partial charge in [0.1, 0.15) is 5.75 Å². The number of sulfonamides is 1. The maximum absolute atomic E-state index is 12.6. The standard InChI is InChI=1S/C20H23N3O5S/c1-14(24)21-16-5-7-19(8-6-16)29(27,28)22-17-9-11-23(12-10-17)20(26)15-3-2-4-18(25)13-15/h2-8,13,17,22,25H,9-12H2,1H3,(H,21,24). The molecule has 0 saturated carbocycles. The van der Waals surface area contributed by atoms with Gasteiger partial charge in [-0.15, -0.1) is 0 Å². The van der Waals surface area contributed by atoms with E-state index >= 15 is 0 Å². The lowest BCUT2D eigenvalue weighted by Gasteiger charge is -2.32. The summed E-state index contributed by atoms with van der Waals surface area (Å²) in [6.45, 7) is 2.22. The maximum atomic E-state index is 12.6. The van der Waals surface area contributed by atoms with E-state index in [-0.39, 0.29) is 28.5 Å². The zero-order valence-electron chi connectivity index (χ0n) is 16.0. The minimum absolute atomic E-state index is 0.0306. The Kier molecular flexibility index (Phi) is 6.19. The second kappa shape index (κ2) is 8.62. The van der Waals surface area contributed by atoms with Gasteiger partial charge in [-0.2, -0.15) is 0 Å². The second-order valence-corrected chi connectivity index (χ2v) is 8.66. The first-order chi connectivity index (χ1) is 13.7. The molecule has 0 aliphatic carbocycles. The molecule has 0 unspecified atom stereocenters. The Labute approximate surface area is 169 Å². The molecule has 0 spiro atoms. The highest BCUT2D eigenvalue weighted by Crippen LogP contribution is 2.19. The van der Waals surface area contributed by atoms with Gasteiger partial charge in [-0.25, -0.2) is 13.1 Å². The number of carbonyl (C=O) groups excluding carboxylic acids is 2. The number of likely N-dealkylation sites (tertiary alicyclic amines) is 1. The number of piperidine rings is 1. The molecule has 2 aromatic carbocycles. The van der Waals surface area contributed by atoms with Crippen LogP contribution in [0.1, 0.15) is 30.1 Å². The van der Waals surface area contributed by atoms with Crippen LogP contribution in [0.5, 0.6) is 5.75 Å². The summed E-state index contributed by atoms with van der Waals surface area (Å²) in [5, 5.41) is 12.1. The van der Waals surface area contributed by atoms with Crippen LogP contribution in [0, 0.1) is 0 Å². The van der Waals surface area contributed by atoms with Crippen LogP contribution in [0.2, 0.25) is 0 Å². The molecule has 0 aromatic heterocycles. The molecule has 0 atom stereocenters. The summed E-state index contributed by atoms with van der Waals surface area (Å²) in [5.41, 5.74) is 0.929. The number of nitrogens with zero attached hydrogens (tertiary/aromatic N) is 1. The minimum Gasteiger partial charge on any atom is -0.508 e. The zero-order valence-corrected chi connectivity index (χ0v) is 16.8. The number of hydrogen-bond acceptors (Lipinski definition) is 5. The fourth-order valence-corrected chi connectivity index (χ4v) is 4.54. The van der Waals surface area contributed by atoms with E-state index in [0.29, 0.717) is 37.2 Å². The van der Waals surface area contributed by atoms with Crippen LogP contribution in [0.25, 0.3) is 0 Å². The predicted octanol–water partition coefficient (Wildman–Crippen LogP) is 1.93. The first-order valence-electron chi connectivity index (χ1n) is 9.23. The summed E-state index contributed by atoms with van der Waals surface area (Å²) in [6, 6.07) is 11.8. The number of nitrogens with one attached hydrogen (secondary N) is 2. The number of anilines is 1. The van der Waals surface area contributed by atoms with E-state index in [0.717, 1.165) is 0 Å². The Bertz CT molecular complexity index is 997. The zero-order chi connectivity index (χ0) is 21.0. The van der Waals surface area contributed by atoms with Crippen molar-refractivity contribution in [3.8, 4) is 5.75 Å². The molecule has 29 heavy (non-hydrogen) atoms. The van der Waals surface area contributed by atoms with Crippen molar-refractivity contribution in [2.45, 2.75) is 30.7 Å². The van der Waals surface area contributed by atoms with E-state index in [1.165, 1.54) is 43.3 Å². The van der Waals surface area contributed by atoms with Crippen LogP contribution in [-0.2, 0) is 14.8 Å². The Morgan fingerprint density at radius 3 is 2.31 bits per heavy atom. The SMILES string of the molecule is CC(=O)Nc1ccc(S(=O)(=O)NC2CCN(C(=O)c3cccc(O)c3)CC2)cc1. The number of carbonyl (C=O) groups is 2. The van der Waals surface area contributed by atoms with E-state index in [9.17, 15) is 23.1 Å². The van der Waals surface area contributed by atoms with E-state index in [1.54, 1.807) is 17.0 Å². The Hall–Kier alpha value is -2.91. The second-order valence-electron chi connectivity index (χ2n) is 6.94. The molecule has 1 aliphatic rings. The summed E-state index contributed by atoms with van der Waals surface area (Å²) in [4.78, 5) is 25.3. The van der Waals surface area contributed by atoms with Gasteiger partial charge in [0, 0.05) is 37.3 Å². The van der Waals surface area contributed by atoms with Gasteiger partial charge in [-0.3, -0.25) is 9.59 Å². The van der Waals surface area contributed by atoms with E-state index in [1.807, 2.05) is 0 Å². The molecule has 2 amide bonds. The van der Waals surface area contributed by atoms with Crippen LogP contribution in [0.15, 0.2) is 53.4 Å². The van der Waals surface area contributed by atoms with Gasteiger partial charge >= 0.3 is 0 Å². The molecule has 3 N–H and O–H groups in total. The molecule has 2 aromatic rings. The lowest BCUT2D eigenvalue weighted by molar-refractivity contribution is -0.114. The Morgan fingerprint density at radius 1 is 1.07 bits per heavy atom. The van der Waals surface area contributed by atoms with Gasteiger partial charge in [0.15, 0.2) is 0 Å². The number of benzene rings is 2. The normalized spacial score (nSPS) is 15.1. The summed E-state index contributed by atoms with van der Waals surface area (Å²) < 4.78 is 27.9. The van der Waals surface area contributed by atoms with Gasteiger partial charge in [-0.05, 0) is 55.3 Å². The van der Waals surface area contributed by atoms with E-state index in [4.69, 9.17) is 0 Å². The minimum atomic E-state index is -3.70. The van der Waals surface area contributed by atoms with Crippen LogP contribution in [-0.4, -0.2) is 49.4 Å². The third-order valence-corrected chi connectivity index (χ3v) is 6.22. The molecular weight excluding hydrogens is 394 g/mol. The average Bonchev–Trinajstić information content (AvgIpc) is 2.68. The third-order valence-electron chi connectivity index (χ3n) is 4.68. The summed E-state index contributed by atoms with van der Waals surface area (Å²) >= 11 is 0. The average molecular weight is 417 g/mol. The van der Waals surface area contributed by atoms with Crippen molar-refractivity contribution in [2.24, 2.45) is 0 Å². The lowest BCUT2D eigenvalue weighted by Crippen LogP contribution is -2.46. The van der Waals surface area contributed by atoms with Gasteiger partial charge in [0.2, 0.25) is 15.9 Å². The molecular formula is C20H23N3O5S. The molecule has 154 valence electrons. The number of aromatic hydroxyl groups is 1. The number of phenols is 1. The molecule has 0 bridgehead atoms. The fraction of sp³-hybridized carbons (Fsp3) is 0.300. The Morgan fingerprint density at radius 2 is 1.72 bits per heavy atom. The highest BCUT2D eigenvalue weighted by Gasteiger charge is 2.27. The van der Waals surface area contributed by atoms with Crippen LogP contribution < -0.4 is 10.0 Å². The maximum Gasteiger partial charge on any atom is 0.253 e. The molecule has 9 heteroatoms. The van der Waals surface area contributed by atoms with Gasteiger partial charge in [0.25, 0.3) is 5.91 Å². The van der Waals surface area contributed by atoms with Crippen molar-refractivity contribution in [2.75, 3.05) is 18.4 Å². The van der Waals surface area contributed by atoms with Crippen molar-refractivity contribution >= 4 is 27.5 Å².